The molecule has 0 saturated heterocycles. The molecule has 164 valence electrons. The molecule has 0 saturated carbocycles. The van der Waals surface area contributed by atoms with Crippen molar-refractivity contribution in [1.82, 2.24) is 10.6 Å². The van der Waals surface area contributed by atoms with Crippen molar-refractivity contribution in [2.24, 2.45) is 4.99 Å². The lowest BCUT2D eigenvalue weighted by atomic mass is 10.1. The Morgan fingerprint density at radius 3 is 2.73 bits per heavy atom. The predicted octanol–water partition coefficient (Wildman–Crippen LogP) is 3.36. The third-order valence-corrected chi connectivity index (χ3v) is 4.49. The average molecular weight is 527 g/mol. The Bertz CT molecular complexity index is 817. The van der Waals surface area contributed by atoms with Gasteiger partial charge in [-0.15, -0.1) is 24.0 Å². The van der Waals surface area contributed by atoms with Crippen molar-refractivity contribution in [3.63, 3.8) is 0 Å². The minimum atomic E-state index is 0. The van der Waals surface area contributed by atoms with Gasteiger partial charge in [0, 0.05) is 40.3 Å². The molecule has 0 atom stereocenters. The summed E-state index contributed by atoms with van der Waals surface area (Å²) >= 11 is 0. The van der Waals surface area contributed by atoms with Crippen molar-refractivity contribution in [2.75, 3.05) is 40.7 Å². The van der Waals surface area contributed by atoms with E-state index in [-0.39, 0.29) is 24.0 Å². The van der Waals surface area contributed by atoms with E-state index in [2.05, 4.69) is 27.8 Å². The zero-order valence-corrected chi connectivity index (χ0v) is 19.8. The van der Waals surface area contributed by atoms with E-state index in [0.29, 0.717) is 26.6 Å². The number of nitrogens with one attached hydrogen (secondary N) is 2. The zero-order chi connectivity index (χ0) is 20.3. The summed E-state index contributed by atoms with van der Waals surface area (Å²) in [5.74, 6) is 3.25. The summed E-state index contributed by atoms with van der Waals surface area (Å²) in [4.78, 5) is 4.29. The molecule has 0 aliphatic carbocycles. The lowest BCUT2D eigenvalue weighted by molar-refractivity contribution is 0.172. The second-order valence-corrected chi connectivity index (χ2v) is 6.63. The Morgan fingerprint density at radius 1 is 1.03 bits per heavy atom. The second kappa shape index (κ2) is 13.2. The molecule has 30 heavy (non-hydrogen) atoms. The minimum Gasteiger partial charge on any atom is -0.493 e. The van der Waals surface area contributed by atoms with Crippen LogP contribution in [0.4, 0.5) is 0 Å². The molecule has 1 aliphatic heterocycles. The first-order valence-corrected chi connectivity index (χ1v) is 9.82. The monoisotopic (exact) mass is 527 g/mol. The smallest absolute Gasteiger partial charge is 0.231 e. The minimum absolute atomic E-state index is 0. The summed E-state index contributed by atoms with van der Waals surface area (Å²) in [6, 6.07) is 14.1. The van der Waals surface area contributed by atoms with Gasteiger partial charge in [-0.3, -0.25) is 4.99 Å². The number of nitrogens with zero attached hydrogens (tertiary/aromatic N) is 1. The van der Waals surface area contributed by atoms with Crippen molar-refractivity contribution >= 4 is 29.9 Å². The van der Waals surface area contributed by atoms with E-state index in [0.717, 1.165) is 48.2 Å². The van der Waals surface area contributed by atoms with Gasteiger partial charge in [0.2, 0.25) is 6.79 Å². The van der Waals surface area contributed by atoms with E-state index in [9.17, 15) is 0 Å². The van der Waals surface area contributed by atoms with E-state index < -0.39 is 0 Å². The van der Waals surface area contributed by atoms with Crippen molar-refractivity contribution in [3.8, 4) is 17.2 Å². The number of rotatable bonds is 10. The Hall–Kier alpha value is -2.20. The topological polar surface area (TPSA) is 73.3 Å². The fourth-order valence-corrected chi connectivity index (χ4v) is 2.97. The molecule has 0 spiro atoms. The van der Waals surface area contributed by atoms with Crippen LogP contribution in [0.25, 0.3) is 0 Å². The summed E-state index contributed by atoms with van der Waals surface area (Å²) in [7, 11) is 3.47. The molecule has 1 aliphatic rings. The van der Waals surface area contributed by atoms with Crippen LogP contribution in [-0.4, -0.2) is 46.7 Å². The van der Waals surface area contributed by atoms with Crippen molar-refractivity contribution in [2.45, 2.75) is 19.4 Å². The van der Waals surface area contributed by atoms with Crippen LogP contribution in [0, 0.1) is 0 Å². The highest BCUT2D eigenvalue weighted by Crippen LogP contribution is 2.32. The molecule has 1 heterocycles. The van der Waals surface area contributed by atoms with Crippen LogP contribution in [0.5, 0.6) is 17.2 Å². The van der Waals surface area contributed by atoms with Gasteiger partial charge in [0.05, 0.1) is 6.61 Å². The number of guanidine groups is 1. The van der Waals surface area contributed by atoms with Gasteiger partial charge in [0.15, 0.2) is 17.5 Å². The molecular formula is C22H30IN3O4. The molecule has 0 amide bonds. The Labute approximate surface area is 195 Å². The first kappa shape index (κ1) is 24.1. The highest BCUT2D eigenvalue weighted by molar-refractivity contribution is 14.0. The Morgan fingerprint density at radius 2 is 1.90 bits per heavy atom. The first-order chi connectivity index (χ1) is 14.3. The number of methoxy groups -OCH3 is 1. The van der Waals surface area contributed by atoms with Crippen LogP contribution < -0.4 is 24.8 Å². The number of hydrogen-bond acceptors (Lipinski definition) is 5. The maximum atomic E-state index is 5.75. The van der Waals surface area contributed by atoms with Crippen LogP contribution in [0.3, 0.4) is 0 Å². The normalized spacial score (nSPS) is 12.3. The van der Waals surface area contributed by atoms with Crippen LogP contribution in [0.1, 0.15) is 17.5 Å². The van der Waals surface area contributed by atoms with Crippen molar-refractivity contribution < 1.29 is 18.9 Å². The molecular weight excluding hydrogens is 497 g/mol. The molecule has 0 radical (unpaired) electrons. The number of halogens is 1. The summed E-state index contributed by atoms with van der Waals surface area (Å²) in [5, 5.41) is 6.68. The third-order valence-electron chi connectivity index (χ3n) is 4.49. The quantitative estimate of drug-likeness (QED) is 0.214. The van der Waals surface area contributed by atoms with Gasteiger partial charge in [-0.05, 0) is 41.8 Å². The van der Waals surface area contributed by atoms with E-state index >= 15 is 0 Å². The molecule has 7 nitrogen and oxygen atoms in total. The highest BCUT2D eigenvalue weighted by Gasteiger charge is 2.12. The van der Waals surface area contributed by atoms with Crippen LogP contribution in [0.2, 0.25) is 0 Å². The fraction of sp³-hybridized carbons (Fsp3) is 0.409. The fourth-order valence-electron chi connectivity index (χ4n) is 2.97. The lowest BCUT2D eigenvalue weighted by Gasteiger charge is -2.13. The Balaban J connectivity index is 0.00000320. The molecule has 0 unspecified atom stereocenters. The van der Waals surface area contributed by atoms with Gasteiger partial charge in [-0.1, -0.05) is 18.2 Å². The number of aliphatic imine (C=N–C) groups is 1. The summed E-state index contributed by atoms with van der Waals surface area (Å²) in [6.45, 7) is 3.08. The van der Waals surface area contributed by atoms with Gasteiger partial charge in [0.1, 0.15) is 5.75 Å². The van der Waals surface area contributed by atoms with Crippen LogP contribution in [0.15, 0.2) is 47.5 Å². The molecule has 0 aromatic heterocycles. The molecule has 2 aromatic carbocycles. The molecule has 8 heteroatoms. The first-order valence-electron chi connectivity index (χ1n) is 9.82. The number of hydrogen-bond donors (Lipinski definition) is 2. The molecule has 2 aromatic rings. The molecule has 0 fully saturated rings. The van der Waals surface area contributed by atoms with Crippen LogP contribution in [-0.2, 0) is 17.7 Å². The maximum absolute atomic E-state index is 5.75. The van der Waals surface area contributed by atoms with E-state index in [1.807, 2.05) is 30.3 Å². The maximum Gasteiger partial charge on any atom is 0.231 e. The van der Waals surface area contributed by atoms with Crippen molar-refractivity contribution in [3.05, 3.63) is 53.6 Å². The summed E-state index contributed by atoms with van der Waals surface area (Å²) < 4.78 is 21.6. The number of fused-ring (bicyclic) bond motifs is 1. The van der Waals surface area contributed by atoms with E-state index in [1.54, 1.807) is 14.2 Å². The third kappa shape index (κ3) is 7.56. The van der Waals surface area contributed by atoms with Gasteiger partial charge < -0.3 is 29.6 Å². The predicted molar refractivity (Wildman–Crippen MR) is 128 cm³/mol. The van der Waals surface area contributed by atoms with Gasteiger partial charge in [0.25, 0.3) is 0 Å². The number of ether oxygens (including phenoxy) is 4. The molecule has 3 rings (SSSR count). The zero-order valence-electron chi connectivity index (χ0n) is 17.5. The average Bonchev–Trinajstić information content (AvgIpc) is 3.22. The lowest BCUT2D eigenvalue weighted by Crippen LogP contribution is -2.37. The SMILES string of the molecule is CN=C(NCCc1ccc2c(c1)OCO2)NCc1cccc(OCCCOC)c1.I. The highest BCUT2D eigenvalue weighted by atomic mass is 127. The summed E-state index contributed by atoms with van der Waals surface area (Å²) in [5.41, 5.74) is 2.32. The van der Waals surface area contributed by atoms with Crippen LogP contribution >= 0.6 is 24.0 Å². The van der Waals surface area contributed by atoms with Gasteiger partial charge in [-0.25, -0.2) is 0 Å². The van der Waals surface area contributed by atoms with Gasteiger partial charge >= 0.3 is 0 Å². The number of benzene rings is 2. The summed E-state index contributed by atoms with van der Waals surface area (Å²) in [6.07, 6.45) is 1.74. The largest absolute Gasteiger partial charge is 0.493 e. The standard InChI is InChI=1S/C22H29N3O4.HI/c1-23-22(24-10-9-17-7-8-20-21(14-17)29-16-28-20)25-15-18-5-3-6-19(13-18)27-12-4-11-26-2;/h3,5-8,13-14H,4,9-12,15-16H2,1-2H3,(H2,23,24,25);1H. The second-order valence-electron chi connectivity index (χ2n) is 6.63. The Kier molecular flexibility index (Phi) is 10.6. The molecule has 0 bridgehead atoms. The van der Waals surface area contributed by atoms with Crippen molar-refractivity contribution in [1.29, 1.82) is 0 Å². The van der Waals surface area contributed by atoms with E-state index in [1.165, 1.54) is 5.56 Å². The van der Waals surface area contributed by atoms with Gasteiger partial charge in [-0.2, -0.15) is 0 Å². The van der Waals surface area contributed by atoms with E-state index in [4.69, 9.17) is 18.9 Å². The molecule has 2 N–H and O–H groups in total.